The van der Waals surface area contributed by atoms with Crippen LogP contribution in [0.3, 0.4) is 0 Å². The van der Waals surface area contributed by atoms with E-state index in [4.69, 9.17) is 4.74 Å². The molecule has 2 unspecified atom stereocenters. The molecule has 2 heteroatoms. The van der Waals surface area contributed by atoms with Crippen LogP contribution in [0.15, 0.2) is 30.3 Å². The molecule has 2 nitrogen and oxygen atoms in total. The fraction of sp³-hybridized carbons (Fsp3) is 0.684. The SMILES string of the molecule is CCNC(c1ccccc1)C(OCCC1CCC1)C(C)C. The Morgan fingerprint density at radius 1 is 1.19 bits per heavy atom. The Bertz CT molecular complexity index is 386. The molecule has 1 aliphatic rings. The first-order valence-electron chi connectivity index (χ1n) is 8.62. The maximum atomic E-state index is 6.32. The third kappa shape index (κ3) is 4.82. The van der Waals surface area contributed by atoms with Gasteiger partial charge in [-0.25, -0.2) is 0 Å². The van der Waals surface area contributed by atoms with E-state index in [9.17, 15) is 0 Å². The molecule has 1 fully saturated rings. The van der Waals surface area contributed by atoms with Crippen molar-refractivity contribution in [1.82, 2.24) is 5.32 Å². The van der Waals surface area contributed by atoms with E-state index in [1.54, 1.807) is 0 Å². The summed E-state index contributed by atoms with van der Waals surface area (Å²) >= 11 is 0. The molecule has 118 valence electrons. The van der Waals surface area contributed by atoms with Crippen molar-refractivity contribution in [3.05, 3.63) is 35.9 Å². The maximum Gasteiger partial charge on any atom is 0.0792 e. The summed E-state index contributed by atoms with van der Waals surface area (Å²) in [4.78, 5) is 0. The summed E-state index contributed by atoms with van der Waals surface area (Å²) in [5.74, 6) is 1.43. The van der Waals surface area contributed by atoms with Crippen molar-refractivity contribution in [2.75, 3.05) is 13.2 Å². The van der Waals surface area contributed by atoms with Crippen LogP contribution in [0.1, 0.15) is 58.1 Å². The van der Waals surface area contributed by atoms with Gasteiger partial charge in [-0.3, -0.25) is 0 Å². The zero-order valence-electron chi connectivity index (χ0n) is 13.8. The minimum atomic E-state index is 0.243. The lowest BCUT2D eigenvalue weighted by molar-refractivity contribution is -0.0134. The highest BCUT2D eigenvalue weighted by molar-refractivity contribution is 5.20. The molecule has 1 N–H and O–H groups in total. The summed E-state index contributed by atoms with van der Waals surface area (Å²) in [5, 5.41) is 3.62. The molecule has 0 spiro atoms. The number of likely N-dealkylation sites (N-methyl/N-ethyl adjacent to an activating group) is 1. The summed E-state index contributed by atoms with van der Waals surface area (Å²) in [6.45, 7) is 8.57. The van der Waals surface area contributed by atoms with Gasteiger partial charge in [0.2, 0.25) is 0 Å². The van der Waals surface area contributed by atoms with Crippen molar-refractivity contribution < 1.29 is 4.74 Å². The highest BCUT2D eigenvalue weighted by Crippen LogP contribution is 2.30. The largest absolute Gasteiger partial charge is 0.376 e. The van der Waals surface area contributed by atoms with E-state index < -0.39 is 0 Å². The second-order valence-electron chi connectivity index (χ2n) is 6.61. The molecule has 2 rings (SSSR count). The van der Waals surface area contributed by atoms with E-state index in [0.717, 1.165) is 19.1 Å². The molecule has 0 heterocycles. The second-order valence-corrected chi connectivity index (χ2v) is 6.61. The van der Waals surface area contributed by atoms with Crippen LogP contribution in [0.2, 0.25) is 0 Å². The predicted molar refractivity (Wildman–Crippen MR) is 89.4 cm³/mol. The smallest absolute Gasteiger partial charge is 0.0792 e. The van der Waals surface area contributed by atoms with Crippen LogP contribution >= 0.6 is 0 Å². The topological polar surface area (TPSA) is 21.3 Å². The quantitative estimate of drug-likeness (QED) is 0.719. The Morgan fingerprint density at radius 3 is 2.43 bits per heavy atom. The van der Waals surface area contributed by atoms with Crippen molar-refractivity contribution in [2.45, 2.75) is 58.6 Å². The van der Waals surface area contributed by atoms with Gasteiger partial charge in [0.1, 0.15) is 0 Å². The predicted octanol–water partition coefficient (Wildman–Crippen LogP) is 4.57. The van der Waals surface area contributed by atoms with E-state index in [1.807, 2.05) is 0 Å². The standard InChI is InChI=1S/C19H31NO/c1-4-20-18(17-11-6-5-7-12-17)19(15(2)3)21-14-13-16-9-8-10-16/h5-7,11-12,15-16,18-20H,4,8-10,13-14H2,1-3H3. The fourth-order valence-corrected chi connectivity index (χ4v) is 3.13. The molecule has 0 bridgehead atoms. The van der Waals surface area contributed by atoms with Gasteiger partial charge >= 0.3 is 0 Å². The zero-order chi connectivity index (χ0) is 15.1. The molecule has 1 aromatic carbocycles. The van der Waals surface area contributed by atoms with Crippen LogP contribution < -0.4 is 5.32 Å². The summed E-state index contributed by atoms with van der Waals surface area (Å²) in [5.41, 5.74) is 1.33. The Labute approximate surface area is 130 Å². The fourth-order valence-electron chi connectivity index (χ4n) is 3.13. The Hall–Kier alpha value is -0.860. The van der Waals surface area contributed by atoms with Crippen molar-refractivity contribution >= 4 is 0 Å². The molecule has 1 aromatic rings. The van der Waals surface area contributed by atoms with Crippen LogP contribution in [-0.2, 0) is 4.74 Å². The van der Waals surface area contributed by atoms with Crippen molar-refractivity contribution in [3.8, 4) is 0 Å². The van der Waals surface area contributed by atoms with Gasteiger partial charge in [0.25, 0.3) is 0 Å². The van der Waals surface area contributed by atoms with E-state index in [2.05, 4.69) is 56.4 Å². The van der Waals surface area contributed by atoms with Crippen LogP contribution in [0.5, 0.6) is 0 Å². The minimum absolute atomic E-state index is 0.243. The van der Waals surface area contributed by atoms with Gasteiger partial charge in [0, 0.05) is 6.61 Å². The molecule has 0 amide bonds. The number of ether oxygens (including phenoxy) is 1. The normalized spacial score (nSPS) is 18.5. The van der Waals surface area contributed by atoms with Crippen LogP contribution in [0.25, 0.3) is 0 Å². The van der Waals surface area contributed by atoms with E-state index in [0.29, 0.717) is 5.92 Å². The molecule has 0 radical (unpaired) electrons. The summed E-state index contributed by atoms with van der Waals surface area (Å²) in [6, 6.07) is 11.0. The number of hydrogen-bond acceptors (Lipinski definition) is 2. The van der Waals surface area contributed by atoms with E-state index in [1.165, 1.54) is 31.2 Å². The molecule has 0 aromatic heterocycles. The first-order chi connectivity index (χ1) is 10.2. The lowest BCUT2D eigenvalue weighted by Crippen LogP contribution is -2.37. The van der Waals surface area contributed by atoms with Crippen LogP contribution in [0.4, 0.5) is 0 Å². The first-order valence-corrected chi connectivity index (χ1v) is 8.62. The molecule has 0 aliphatic heterocycles. The van der Waals surface area contributed by atoms with Crippen molar-refractivity contribution in [3.63, 3.8) is 0 Å². The summed E-state index contributed by atoms with van der Waals surface area (Å²) in [7, 11) is 0. The van der Waals surface area contributed by atoms with Gasteiger partial charge < -0.3 is 10.1 Å². The molecular formula is C19H31NO. The van der Waals surface area contributed by atoms with Crippen molar-refractivity contribution in [1.29, 1.82) is 0 Å². The first kappa shape index (κ1) is 16.5. The number of rotatable bonds is 9. The Morgan fingerprint density at radius 2 is 1.90 bits per heavy atom. The molecule has 21 heavy (non-hydrogen) atoms. The minimum Gasteiger partial charge on any atom is -0.376 e. The third-order valence-electron chi connectivity index (χ3n) is 4.63. The maximum absolute atomic E-state index is 6.32. The van der Waals surface area contributed by atoms with E-state index in [-0.39, 0.29) is 12.1 Å². The van der Waals surface area contributed by atoms with Crippen LogP contribution in [-0.4, -0.2) is 19.3 Å². The lowest BCUT2D eigenvalue weighted by atomic mass is 9.83. The summed E-state index contributed by atoms with van der Waals surface area (Å²) < 4.78 is 6.32. The highest BCUT2D eigenvalue weighted by atomic mass is 16.5. The average Bonchev–Trinajstić information content (AvgIpc) is 2.44. The zero-order valence-corrected chi connectivity index (χ0v) is 13.8. The number of nitrogens with one attached hydrogen (secondary N) is 1. The van der Waals surface area contributed by atoms with Gasteiger partial charge in [-0.15, -0.1) is 0 Å². The molecule has 0 saturated heterocycles. The lowest BCUT2D eigenvalue weighted by Gasteiger charge is -2.33. The molecule has 2 atom stereocenters. The summed E-state index contributed by atoms with van der Waals surface area (Å²) in [6.07, 6.45) is 5.71. The molecular weight excluding hydrogens is 258 g/mol. The second kappa shape index (κ2) is 8.55. The molecule has 1 saturated carbocycles. The van der Waals surface area contributed by atoms with Crippen molar-refractivity contribution in [2.24, 2.45) is 11.8 Å². The van der Waals surface area contributed by atoms with Gasteiger partial charge in [-0.05, 0) is 30.4 Å². The average molecular weight is 289 g/mol. The number of hydrogen-bond donors (Lipinski definition) is 1. The van der Waals surface area contributed by atoms with Gasteiger partial charge in [0.15, 0.2) is 0 Å². The number of benzene rings is 1. The van der Waals surface area contributed by atoms with Gasteiger partial charge in [-0.2, -0.15) is 0 Å². The monoisotopic (exact) mass is 289 g/mol. The highest BCUT2D eigenvalue weighted by Gasteiger charge is 2.27. The van der Waals surface area contributed by atoms with E-state index >= 15 is 0 Å². The molecule has 1 aliphatic carbocycles. The third-order valence-corrected chi connectivity index (χ3v) is 4.63. The Kier molecular flexibility index (Phi) is 6.72. The Balaban J connectivity index is 1.97. The van der Waals surface area contributed by atoms with Gasteiger partial charge in [-0.1, -0.05) is 70.4 Å². The van der Waals surface area contributed by atoms with Crippen LogP contribution in [0, 0.1) is 11.8 Å². The van der Waals surface area contributed by atoms with Gasteiger partial charge in [0.05, 0.1) is 12.1 Å².